The minimum Gasteiger partial charge on any atom is -0.462 e. The number of benzene rings is 3. The first kappa shape index (κ1) is 23.8. The van der Waals surface area contributed by atoms with E-state index in [-0.39, 0.29) is 5.97 Å². The lowest BCUT2D eigenvalue weighted by molar-refractivity contribution is 0.0526. The van der Waals surface area contributed by atoms with Gasteiger partial charge in [0.25, 0.3) is 0 Å². The summed E-state index contributed by atoms with van der Waals surface area (Å²) in [5.74, 6) is 1.93. The summed E-state index contributed by atoms with van der Waals surface area (Å²) in [6.45, 7) is 2.18. The number of amidine groups is 1. The molecule has 0 unspecified atom stereocenters. The predicted molar refractivity (Wildman–Crippen MR) is 146 cm³/mol. The number of para-hydroxylation sites is 1. The summed E-state index contributed by atoms with van der Waals surface area (Å²) in [6.07, 6.45) is 4.10. The SMILES string of the molecule is CCOC(=O)c1c(/N=C(\Nc2ccc(Oc3ccccc3)cc2)c2ccccc2)sc2c1CCCC2. The number of carbonyl (C=O) groups excluding carboxylic acids is 1. The van der Waals surface area contributed by atoms with E-state index in [1.165, 1.54) is 4.88 Å². The minimum atomic E-state index is -0.287. The molecule has 0 fully saturated rings. The van der Waals surface area contributed by atoms with Gasteiger partial charge in [0, 0.05) is 16.1 Å². The van der Waals surface area contributed by atoms with Gasteiger partial charge in [0.1, 0.15) is 22.3 Å². The molecule has 0 saturated heterocycles. The maximum atomic E-state index is 12.9. The van der Waals surface area contributed by atoms with Gasteiger partial charge in [0.15, 0.2) is 0 Å². The maximum Gasteiger partial charge on any atom is 0.341 e. The summed E-state index contributed by atoms with van der Waals surface area (Å²) >= 11 is 1.61. The Morgan fingerprint density at radius 3 is 2.28 bits per heavy atom. The molecule has 0 saturated carbocycles. The molecular weight excluding hydrogens is 468 g/mol. The van der Waals surface area contributed by atoms with Crippen LogP contribution in [0.3, 0.4) is 0 Å². The van der Waals surface area contributed by atoms with Crippen molar-refractivity contribution in [2.45, 2.75) is 32.6 Å². The Labute approximate surface area is 215 Å². The summed E-state index contributed by atoms with van der Waals surface area (Å²) in [7, 11) is 0. The molecule has 4 aromatic rings. The number of aliphatic imine (C=N–C) groups is 1. The van der Waals surface area contributed by atoms with Crippen molar-refractivity contribution in [2.24, 2.45) is 4.99 Å². The highest BCUT2D eigenvalue weighted by atomic mass is 32.1. The lowest BCUT2D eigenvalue weighted by atomic mass is 9.95. The van der Waals surface area contributed by atoms with Gasteiger partial charge in [-0.2, -0.15) is 0 Å². The van der Waals surface area contributed by atoms with Gasteiger partial charge in [-0.1, -0.05) is 48.5 Å². The fourth-order valence-corrected chi connectivity index (χ4v) is 5.53. The van der Waals surface area contributed by atoms with Gasteiger partial charge < -0.3 is 14.8 Å². The lowest BCUT2D eigenvalue weighted by Gasteiger charge is -2.13. The molecule has 5 rings (SSSR count). The quantitative estimate of drug-likeness (QED) is 0.161. The van der Waals surface area contributed by atoms with E-state index in [2.05, 4.69) is 5.32 Å². The highest BCUT2D eigenvalue weighted by molar-refractivity contribution is 7.16. The Kier molecular flexibility index (Phi) is 7.43. The third kappa shape index (κ3) is 5.50. The Hall–Kier alpha value is -3.90. The highest BCUT2D eigenvalue weighted by Gasteiger charge is 2.26. The number of ether oxygens (including phenoxy) is 2. The predicted octanol–water partition coefficient (Wildman–Crippen LogP) is 7.79. The van der Waals surface area contributed by atoms with Crippen LogP contribution in [0.5, 0.6) is 11.5 Å². The number of aryl methyl sites for hydroxylation is 1. The van der Waals surface area contributed by atoms with E-state index in [0.29, 0.717) is 23.0 Å². The molecule has 0 radical (unpaired) electrons. The Bertz CT molecular complexity index is 1350. The number of carbonyl (C=O) groups is 1. The van der Waals surface area contributed by atoms with E-state index in [1.54, 1.807) is 11.3 Å². The van der Waals surface area contributed by atoms with Crippen LogP contribution in [0, 0.1) is 0 Å². The number of anilines is 1. The van der Waals surface area contributed by atoms with Crippen LogP contribution in [-0.4, -0.2) is 18.4 Å². The summed E-state index contributed by atoms with van der Waals surface area (Å²) < 4.78 is 11.3. The molecule has 0 spiro atoms. The fraction of sp³-hybridized carbons (Fsp3) is 0.200. The van der Waals surface area contributed by atoms with Crippen LogP contribution in [0.25, 0.3) is 0 Å². The van der Waals surface area contributed by atoms with Gasteiger partial charge in [-0.25, -0.2) is 9.79 Å². The third-order valence-electron chi connectivity index (χ3n) is 5.99. The van der Waals surface area contributed by atoms with Crippen molar-refractivity contribution < 1.29 is 14.3 Å². The van der Waals surface area contributed by atoms with E-state index < -0.39 is 0 Å². The Morgan fingerprint density at radius 1 is 0.889 bits per heavy atom. The molecule has 1 N–H and O–H groups in total. The van der Waals surface area contributed by atoms with Gasteiger partial charge in [0.2, 0.25) is 0 Å². The van der Waals surface area contributed by atoms with E-state index in [0.717, 1.165) is 54.0 Å². The number of nitrogens with zero attached hydrogens (tertiary/aromatic N) is 1. The van der Waals surface area contributed by atoms with Crippen LogP contribution >= 0.6 is 11.3 Å². The normalized spacial score (nSPS) is 13.1. The molecule has 1 aliphatic rings. The summed E-state index contributed by atoms with van der Waals surface area (Å²) in [5, 5.41) is 4.17. The van der Waals surface area contributed by atoms with E-state index in [4.69, 9.17) is 14.5 Å². The average Bonchev–Trinajstić information content (AvgIpc) is 3.29. The topological polar surface area (TPSA) is 59.9 Å². The molecule has 0 bridgehead atoms. The molecule has 0 aliphatic heterocycles. The lowest BCUT2D eigenvalue weighted by Crippen LogP contribution is -2.14. The fourth-order valence-electron chi connectivity index (χ4n) is 4.27. The zero-order chi connectivity index (χ0) is 24.7. The number of thiophene rings is 1. The van der Waals surface area contributed by atoms with Crippen molar-refractivity contribution in [1.29, 1.82) is 0 Å². The smallest absolute Gasteiger partial charge is 0.341 e. The van der Waals surface area contributed by atoms with E-state index in [9.17, 15) is 4.79 Å². The second kappa shape index (κ2) is 11.2. The largest absolute Gasteiger partial charge is 0.462 e. The van der Waals surface area contributed by atoms with Gasteiger partial charge in [0.05, 0.1) is 12.2 Å². The monoisotopic (exact) mass is 496 g/mol. The zero-order valence-electron chi connectivity index (χ0n) is 20.2. The summed E-state index contributed by atoms with van der Waals surface area (Å²) in [4.78, 5) is 19.2. The van der Waals surface area contributed by atoms with E-state index >= 15 is 0 Å². The van der Waals surface area contributed by atoms with Crippen LogP contribution in [0.4, 0.5) is 10.7 Å². The van der Waals surface area contributed by atoms with Crippen molar-refractivity contribution in [3.05, 3.63) is 106 Å². The molecule has 3 aromatic carbocycles. The Balaban J connectivity index is 1.48. The Morgan fingerprint density at radius 2 is 1.56 bits per heavy atom. The van der Waals surface area contributed by atoms with E-state index in [1.807, 2.05) is 91.9 Å². The number of nitrogens with one attached hydrogen (secondary N) is 1. The molecule has 1 aliphatic carbocycles. The van der Waals surface area contributed by atoms with Crippen molar-refractivity contribution in [2.75, 3.05) is 11.9 Å². The molecule has 0 amide bonds. The molecule has 36 heavy (non-hydrogen) atoms. The molecule has 1 aromatic heterocycles. The van der Waals surface area contributed by atoms with Crippen LogP contribution in [-0.2, 0) is 17.6 Å². The van der Waals surface area contributed by atoms with Crippen LogP contribution in [0.15, 0.2) is 89.9 Å². The van der Waals surface area contributed by atoms with Gasteiger partial charge in [-0.15, -0.1) is 11.3 Å². The first-order chi connectivity index (χ1) is 17.7. The molecule has 1 heterocycles. The maximum absolute atomic E-state index is 12.9. The van der Waals surface area contributed by atoms with Crippen molar-refractivity contribution in [3.63, 3.8) is 0 Å². The molecular formula is C30H28N2O3S. The summed E-state index contributed by atoms with van der Waals surface area (Å²) in [6, 6.07) is 27.4. The zero-order valence-corrected chi connectivity index (χ0v) is 21.0. The number of hydrogen-bond donors (Lipinski definition) is 1. The number of esters is 1. The van der Waals surface area contributed by atoms with Gasteiger partial charge >= 0.3 is 5.97 Å². The first-order valence-corrected chi connectivity index (χ1v) is 13.1. The van der Waals surface area contributed by atoms with Gasteiger partial charge in [-0.3, -0.25) is 0 Å². The molecule has 6 heteroatoms. The number of rotatable bonds is 7. The standard InChI is InChI=1S/C30H28N2O3S/c1-2-34-30(33)27-25-15-9-10-16-26(25)36-29(27)32-28(21-11-5-3-6-12-21)31-22-17-19-24(20-18-22)35-23-13-7-4-8-14-23/h3-8,11-14,17-20H,2,9-10,15-16H2,1H3,(H,31,32). The van der Waals surface area contributed by atoms with Crippen LogP contribution in [0.2, 0.25) is 0 Å². The van der Waals surface area contributed by atoms with Crippen LogP contribution in [0.1, 0.15) is 46.1 Å². The van der Waals surface area contributed by atoms with Crippen molar-refractivity contribution in [3.8, 4) is 11.5 Å². The average molecular weight is 497 g/mol. The van der Waals surface area contributed by atoms with Gasteiger partial charge in [-0.05, 0) is 74.6 Å². The van der Waals surface area contributed by atoms with Crippen molar-refractivity contribution in [1.82, 2.24) is 0 Å². The number of fused-ring (bicyclic) bond motifs is 1. The second-order valence-electron chi connectivity index (χ2n) is 8.50. The van der Waals surface area contributed by atoms with Crippen molar-refractivity contribution >= 4 is 33.8 Å². The number of hydrogen-bond acceptors (Lipinski definition) is 5. The minimum absolute atomic E-state index is 0.287. The molecule has 5 nitrogen and oxygen atoms in total. The molecule has 0 atom stereocenters. The first-order valence-electron chi connectivity index (χ1n) is 12.3. The summed E-state index contributed by atoms with van der Waals surface area (Å²) in [5.41, 5.74) is 3.54. The highest BCUT2D eigenvalue weighted by Crippen LogP contribution is 2.40. The molecule has 182 valence electrons. The second-order valence-corrected chi connectivity index (χ2v) is 9.59. The van der Waals surface area contributed by atoms with Crippen LogP contribution < -0.4 is 10.1 Å². The third-order valence-corrected chi connectivity index (χ3v) is 7.17.